The van der Waals surface area contributed by atoms with Gasteiger partial charge in [0.2, 0.25) is 0 Å². The van der Waals surface area contributed by atoms with Crippen molar-refractivity contribution in [3.8, 4) is 17.2 Å². The van der Waals surface area contributed by atoms with Crippen molar-refractivity contribution < 1.29 is 19.0 Å². The fraction of sp³-hybridized carbons (Fsp3) is 0.269. The highest BCUT2D eigenvalue weighted by Gasteiger charge is 2.13. The van der Waals surface area contributed by atoms with Crippen molar-refractivity contribution in [2.45, 2.75) is 20.0 Å². The topological polar surface area (TPSA) is 91.7 Å². The van der Waals surface area contributed by atoms with E-state index < -0.39 is 0 Å². The summed E-state index contributed by atoms with van der Waals surface area (Å²) in [6.45, 7) is 8.11. The number of carbonyl (C=O) groups is 1. The Labute approximate surface area is 218 Å². The third kappa shape index (κ3) is 7.30. The highest BCUT2D eigenvalue weighted by atomic mass is 35.5. The van der Waals surface area contributed by atoms with Gasteiger partial charge in [-0.05, 0) is 44.2 Å². The molecule has 2 heterocycles. The normalized spacial score (nSPS) is 11.9. The molecule has 36 heavy (non-hydrogen) atoms. The molecule has 0 unspecified atom stereocenters. The van der Waals surface area contributed by atoms with Crippen LogP contribution >= 0.6 is 22.9 Å². The molecule has 0 spiro atoms. The van der Waals surface area contributed by atoms with Crippen LogP contribution in [-0.2, 0) is 9.53 Å². The van der Waals surface area contributed by atoms with Gasteiger partial charge in [0.1, 0.15) is 11.0 Å². The summed E-state index contributed by atoms with van der Waals surface area (Å²) in [6, 6.07) is 6.86. The van der Waals surface area contributed by atoms with E-state index in [1.165, 1.54) is 29.3 Å². The molecule has 3 aromatic rings. The minimum Gasteiger partial charge on any atom is -0.493 e. The van der Waals surface area contributed by atoms with Gasteiger partial charge in [0.05, 0.1) is 31.0 Å². The first-order valence-corrected chi connectivity index (χ1v) is 12.4. The summed E-state index contributed by atoms with van der Waals surface area (Å²) in [7, 11) is 1.49. The first-order valence-electron chi connectivity index (χ1n) is 11.2. The van der Waals surface area contributed by atoms with Crippen molar-refractivity contribution in [2.75, 3.05) is 26.9 Å². The van der Waals surface area contributed by atoms with E-state index in [0.717, 1.165) is 4.88 Å². The van der Waals surface area contributed by atoms with Crippen molar-refractivity contribution in [2.24, 2.45) is 0 Å². The van der Waals surface area contributed by atoms with Crippen LogP contribution in [0.2, 0.25) is 0 Å². The Morgan fingerprint density at radius 3 is 2.83 bits per heavy atom. The molecule has 0 radical (unpaired) electrons. The van der Waals surface area contributed by atoms with Crippen LogP contribution in [-0.4, -0.2) is 48.4 Å². The highest BCUT2D eigenvalue weighted by Crippen LogP contribution is 2.30. The average Bonchev–Trinajstić information content (AvgIpc) is 3.29. The zero-order valence-corrected chi connectivity index (χ0v) is 21.9. The Kier molecular flexibility index (Phi) is 9.86. The van der Waals surface area contributed by atoms with Crippen LogP contribution in [0.25, 0.3) is 22.0 Å². The highest BCUT2D eigenvalue weighted by molar-refractivity contribution is 7.19. The lowest BCUT2D eigenvalue weighted by Crippen LogP contribution is -2.32. The van der Waals surface area contributed by atoms with E-state index in [1.54, 1.807) is 36.4 Å². The number of benzene rings is 1. The lowest BCUT2D eigenvalue weighted by atomic mass is 10.2. The molecule has 0 aliphatic rings. The Morgan fingerprint density at radius 2 is 2.11 bits per heavy atom. The molecule has 3 rings (SSSR count). The molecule has 0 saturated heterocycles. The van der Waals surface area contributed by atoms with Gasteiger partial charge in [0.15, 0.2) is 18.1 Å². The van der Waals surface area contributed by atoms with Crippen molar-refractivity contribution >= 4 is 45.1 Å². The standard InChI is InChI=1S/C26H28ClN3O5S/c1-5-18(27)7-6-8-20-14-21-25(36-20)26(32)30(16-29-21)19-9-10-22(23(13-19)33-4)35-15-24(31)28-11-12-34-17(2)3/h5-10,13-14,16-17H,1,11-12,15H2,2-4H3,(H,28,31)/b8-6+,18-7+. The van der Waals surface area contributed by atoms with E-state index in [1.807, 2.05) is 26.0 Å². The van der Waals surface area contributed by atoms with Crippen molar-refractivity contribution in [3.05, 3.63) is 75.7 Å². The Balaban J connectivity index is 1.74. The monoisotopic (exact) mass is 529 g/mol. The number of carbonyl (C=O) groups excluding carboxylic acids is 1. The third-order valence-corrected chi connectivity index (χ3v) is 6.19. The molecule has 0 saturated carbocycles. The first kappa shape index (κ1) is 27.2. The second kappa shape index (κ2) is 13.1. The van der Waals surface area contributed by atoms with E-state index >= 15 is 0 Å². The molecule has 10 heteroatoms. The fourth-order valence-corrected chi connectivity index (χ4v) is 4.13. The summed E-state index contributed by atoms with van der Waals surface area (Å²) in [6.07, 6.45) is 8.47. The Bertz CT molecular complexity index is 1340. The number of rotatable bonds is 12. The van der Waals surface area contributed by atoms with Gasteiger partial charge in [-0.15, -0.1) is 11.3 Å². The molecule has 1 amide bonds. The largest absolute Gasteiger partial charge is 0.493 e. The molecule has 8 nitrogen and oxygen atoms in total. The second-order valence-corrected chi connectivity index (χ2v) is 9.31. The van der Waals surface area contributed by atoms with Crippen LogP contribution in [0.4, 0.5) is 0 Å². The van der Waals surface area contributed by atoms with Gasteiger partial charge in [-0.3, -0.25) is 14.2 Å². The number of allylic oxidation sites excluding steroid dienone is 4. The van der Waals surface area contributed by atoms with E-state index in [4.69, 9.17) is 25.8 Å². The van der Waals surface area contributed by atoms with E-state index in [9.17, 15) is 9.59 Å². The maximum Gasteiger partial charge on any atom is 0.275 e. The molecular weight excluding hydrogens is 502 g/mol. The van der Waals surface area contributed by atoms with Crippen LogP contribution < -0.4 is 20.3 Å². The second-order valence-electron chi connectivity index (χ2n) is 7.79. The molecule has 1 aromatic carbocycles. The molecule has 0 fully saturated rings. The fourth-order valence-electron chi connectivity index (χ4n) is 3.10. The molecule has 0 aliphatic heterocycles. The summed E-state index contributed by atoms with van der Waals surface area (Å²) < 4.78 is 18.4. The van der Waals surface area contributed by atoms with Gasteiger partial charge in [-0.2, -0.15) is 0 Å². The van der Waals surface area contributed by atoms with Gasteiger partial charge < -0.3 is 19.5 Å². The number of hydrogen-bond acceptors (Lipinski definition) is 7. The Morgan fingerprint density at radius 1 is 1.31 bits per heavy atom. The molecule has 0 bridgehead atoms. The predicted octanol–water partition coefficient (Wildman–Crippen LogP) is 4.70. The van der Waals surface area contributed by atoms with Gasteiger partial charge in [-0.1, -0.05) is 30.3 Å². The zero-order chi connectivity index (χ0) is 26.1. The van der Waals surface area contributed by atoms with Gasteiger partial charge in [-0.25, -0.2) is 4.98 Å². The van der Waals surface area contributed by atoms with Crippen LogP contribution in [0.5, 0.6) is 11.5 Å². The maximum atomic E-state index is 13.2. The molecule has 2 aromatic heterocycles. The number of hydrogen-bond donors (Lipinski definition) is 1. The Hall–Kier alpha value is -3.40. The van der Waals surface area contributed by atoms with Crippen LogP contribution in [0.15, 0.2) is 65.2 Å². The third-order valence-electron chi connectivity index (χ3n) is 4.83. The minimum absolute atomic E-state index is 0.104. The quantitative estimate of drug-likeness (QED) is 0.270. The lowest BCUT2D eigenvalue weighted by Gasteiger charge is -2.13. The minimum atomic E-state index is -0.274. The molecular formula is C26H28ClN3O5S. The van der Waals surface area contributed by atoms with E-state index in [-0.39, 0.29) is 24.2 Å². The number of halogens is 1. The number of methoxy groups -OCH3 is 1. The number of aromatic nitrogens is 2. The number of fused-ring (bicyclic) bond motifs is 1. The molecule has 0 aliphatic carbocycles. The van der Waals surface area contributed by atoms with Crippen molar-refractivity contribution in [3.63, 3.8) is 0 Å². The number of amides is 1. The number of nitrogens with one attached hydrogen (secondary N) is 1. The van der Waals surface area contributed by atoms with Gasteiger partial charge in [0, 0.05) is 22.5 Å². The van der Waals surface area contributed by atoms with E-state index in [0.29, 0.717) is 45.6 Å². The van der Waals surface area contributed by atoms with Crippen LogP contribution in [0.1, 0.15) is 18.7 Å². The van der Waals surface area contributed by atoms with Crippen LogP contribution in [0, 0.1) is 0 Å². The van der Waals surface area contributed by atoms with Gasteiger partial charge in [0.25, 0.3) is 11.5 Å². The molecule has 1 N–H and O–H groups in total. The molecule has 0 atom stereocenters. The molecule has 190 valence electrons. The summed E-state index contributed by atoms with van der Waals surface area (Å²) >= 11 is 7.25. The predicted molar refractivity (Wildman–Crippen MR) is 145 cm³/mol. The smallest absolute Gasteiger partial charge is 0.275 e. The number of thiophene rings is 1. The lowest BCUT2D eigenvalue weighted by molar-refractivity contribution is -0.123. The van der Waals surface area contributed by atoms with Crippen molar-refractivity contribution in [1.82, 2.24) is 14.9 Å². The maximum absolute atomic E-state index is 13.2. The van der Waals surface area contributed by atoms with Crippen LogP contribution in [0.3, 0.4) is 0 Å². The zero-order valence-electron chi connectivity index (χ0n) is 20.3. The summed E-state index contributed by atoms with van der Waals surface area (Å²) in [4.78, 5) is 30.5. The first-order chi connectivity index (χ1) is 17.3. The summed E-state index contributed by atoms with van der Waals surface area (Å²) in [5.74, 6) is 0.493. The number of ether oxygens (including phenoxy) is 3. The summed E-state index contributed by atoms with van der Waals surface area (Å²) in [5, 5.41) is 3.25. The van der Waals surface area contributed by atoms with Gasteiger partial charge >= 0.3 is 0 Å². The SMILES string of the molecule is C=C/C(Cl)=C\C=C\c1cc2ncn(-c3ccc(OCC(=O)NCCOC(C)C)c(OC)c3)c(=O)c2s1. The average molecular weight is 530 g/mol. The van der Waals surface area contributed by atoms with E-state index in [2.05, 4.69) is 16.9 Å². The van der Waals surface area contributed by atoms with Crippen molar-refractivity contribution in [1.29, 1.82) is 0 Å². The number of nitrogens with zero attached hydrogens (tertiary/aromatic N) is 2. The summed E-state index contributed by atoms with van der Waals surface area (Å²) in [5.41, 5.74) is 0.958.